The summed E-state index contributed by atoms with van der Waals surface area (Å²) >= 11 is 0. The second-order valence-electron chi connectivity index (χ2n) is 4.49. The Morgan fingerprint density at radius 3 is 2.67 bits per heavy atom. The molecule has 1 aliphatic heterocycles. The molecule has 4 heteroatoms. The highest BCUT2D eigenvalue weighted by molar-refractivity contribution is 5.87. The largest absolute Gasteiger partial charge is 0.458 e. The highest BCUT2D eigenvalue weighted by atomic mass is 16.6. The number of rotatable bonds is 3. The number of ether oxygens (including phenoxy) is 2. The Bertz CT molecular complexity index is 304. The highest BCUT2D eigenvalue weighted by Gasteiger charge is 2.41. The first-order chi connectivity index (χ1) is 6.83. The molecule has 84 valence electrons. The Kier molecular flexibility index (Phi) is 3.17. The smallest absolute Gasteiger partial charge is 0.333 e. The zero-order valence-corrected chi connectivity index (χ0v) is 9.33. The molecule has 1 aliphatic rings. The second-order valence-corrected chi connectivity index (χ2v) is 4.49. The van der Waals surface area contributed by atoms with Crippen LogP contribution in [0.2, 0.25) is 0 Å². The first kappa shape index (κ1) is 11.8. The van der Waals surface area contributed by atoms with Crippen molar-refractivity contribution in [3.8, 4) is 0 Å². The van der Waals surface area contributed by atoms with Crippen molar-refractivity contribution in [2.45, 2.75) is 33.3 Å². The van der Waals surface area contributed by atoms with Crippen molar-refractivity contribution in [3.63, 3.8) is 0 Å². The van der Waals surface area contributed by atoms with Crippen molar-refractivity contribution < 1.29 is 19.1 Å². The molecule has 0 aliphatic carbocycles. The monoisotopic (exact) mass is 212 g/mol. The summed E-state index contributed by atoms with van der Waals surface area (Å²) in [5, 5.41) is 0. The van der Waals surface area contributed by atoms with Gasteiger partial charge in [0.1, 0.15) is 12.7 Å². The van der Waals surface area contributed by atoms with E-state index in [0.717, 1.165) is 0 Å². The van der Waals surface area contributed by atoms with Crippen LogP contribution in [0.4, 0.5) is 0 Å². The Morgan fingerprint density at radius 2 is 2.27 bits per heavy atom. The summed E-state index contributed by atoms with van der Waals surface area (Å²) in [6.45, 7) is 8.78. The molecule has 4 nitrogen and oxygen atoms in total. The van der Waals surface area contributed by atoms with E-state index in [2.05, 4.69) is 6.58 Å². The minimum absolute atomic E-state index is 0.112. The number of hydrogen-bond acceptors (Lipinski definition) is 4. The van der Waals surface area contributed by atoms with E-state index >= 15 is 0 Å². The van der Waals surface area contributed by atoms with Gasteiger partial charge in [-0.1, -0.05) is 6.58 Å². The van der Waals surface area contributed by atoms with E-state index in [4.69, 9.17) is 9.47 Å². The maximum atomic E-state index is 11.3. The second kappa shape index (κ2) is 4.04. The summed E-state index contributed by atoms with van der Waals surface area (Å²) in [5.74, 6) is -0.686. The molecular formula is C11H16O4. The van der Waals surface area contributed by atoms with Gasteiger partial charge in [-0.2, -0.15) is 0 Å². The number of esters is 2. The Morgan fingerprint density at radius 1 is 1.67 bits per heavy atom. The van der Waals surface area contributed by atoms with Gasteiger partial charge in [0.2, 0.25) is 0 Å². The summed E-state index contributed by atoms with van der Waals surface area (Å²) in [4.78, 5) is 22.4. The normalized spacial score (nSPS) is 23.4. The van der Waals surface area contributed by atoms with Crippen LogP contribution in [0.1, 0.15) is 27.2 Å². The van der Waals surface area contributed by atoms with Gasteiger partial charge in [0.25, 0.3) is 0 Å². The molecule has 15 heavy (non-hydrogen) atoms. The Labute approximate surface area is 89.2 Å². The molecule has 0 spiro atoms. The average Bonchev–Trinajstić information content (AvgIpc) is 2.36. The Hall–Kier alpha value is -1.32. The molecule has 0 N–H and O–H groups in total. The molecular weight excluding hydrogens is 196 g/mol. The lowest BCUT2D eigenvalue weighted by Gasteiger charge is -2.10. The van der Waals surface area contributed by atoms with Gasteiger partial charge < -0.3 is 9.47 Å². The molecule has 1 saturated heterocycles. The number of carbonyl (C=O) groups is 2. The SMILES string of the molecule is C=C(C)C(=O)OCC1CC(C)(C)C(=O)O1. The topological polar surface area (TPSA) is 52.6 Å². The zero-order chi connectivity index (χ0) is 11.6. The van der Waals surface area contributed by atoms with Crippen LogP contribution in [0, 0.1) is 5.41 Å². The predicted octanol–water partition coefficient (Wildman–Crippen LogP) is 1.45. The van der Waals surface area contributed by atoms with E-state index in [9.17, 15) is 9.59 Å². The molecule has 1 fully saturated rings. The lowest BCUT2D eigenvalue weighted by Crippen LogP contribution is -2.19. The van der Waals surface area contributed by atoms with Gasteiger partial charge in [0, 0.05) is 12.0 Å². The van der Waals surface area contributed by atoms with Gasteiger partial charge in [-0.3, -0.25) is 4.79 Å². The van der Waals surface area contributed by atoms with Crippen LogP contribution >= 0.6 is 0 Å². The third-order valence-electron chi connectivity index (χ3n) is 2.31. The summed E-state index contributed by atoms with van der Waals surface area (Å²) in [5.41, 5.74) is -0.126. The number of carbonyl (C=O) groups excluding carboxylic acids is 2. The third-order valence-corrected chi connectivity index (χ3v) is 2.31. The zero-order valence-electron chi connectivity index (χ0n) is 9.33. The van der Waals surface area contributed by atoms with Crippen LogP contribution in [0.25, 0.3) is 0 Å². The van der Waals surface area contributed by atoms with E-state index < -0.39 is 11.4 Å². The van der Waals surface area contributed by atoms with Gasteiger partial charge in [-0.15, -0.1) is 0 Å². The first-order valence-corrected chi connectivity index (χ1v) is 4.86. The van der Waals surface area contributed by atoms with Gasteiger partial charge in [0.15, 0.2) is 0 Å². The molecule has 0 saturated carbocycles. The summed E-state index contributed by atoms with van der Waals surface area (Å²) in [7, 11) is 0. The van der Waals surface area contributed by atoms with E-state index in [1.54, 1.807) is 6.92 Å². The molecule has 1 rings (SSSR count). The van der Waals surface area contributed by atoms with Crippen molar-refractivity contribution in [3.05, 3.63) is 12.2 Å². The predicted molar refractivity (Wildman–Crippen MR) is 54.1 cm³/mol. The van der Waals surface area contributed by atoms with Crippen molar-refractivity contribution >= 4 is 11.9 Å². The van der Waals surface area contributed by atoms with Crippen molar-refractivity contribution in [1.29, 1.82) is 0 Å². The van der Waals surface area contributed by atoms with Crippen LogP contribution in [0.5, 0.6) is 0 Å². The lowest BCUT2D eigenvalue weighted by molar-refractivity contribution is -0.153. The van der Waals surface area contributed by atoms with E-state index in [1.165, 1.54) is 0 Å². The first-order valence-electron chi connectivity index (χ1n) is 4.86. The molecule has 0 radical (unpaired) electrons. The number of hydrogen-bond donors (Lipinski definition) is 0. The van der Waals surface area contributed by atoms with E-state index in [-0.39, 0.29) is 18.7 Å². The van der Waals surface area contributed by atoms with Gasteiger partial charge in [0.05, 0.1) is 5.41 Å². The highest BCUT2D eigenvalue weighted by Crippen LogP contribution is 2.32. The van der Waals surface area contributed by atoms with Crippen molar-refractivity contribution in [2.24, 2.45) is 5.41 Å². The van der Waals surface area contributed by atoms with Crippen LogP contribution in [-0.4, -0.2) is 24.6 Å². The van der Waals surface area contributed by atoms with Gasteiger partial charge >= 0.3 is 11.9 Å². The number of cyclic esters (lactones) is 1. The van der Waals surface area contributed by atoms with E-state index in [0.29, 0.717) is 12.0 Å². The molecule has 1 unspecified atom stereocenters. The fourth-order valence-electron chi connectivity index (χ4n) is 1.39. The third kappa shape index (κ3) is 2.81. The maximum absolute atomic E-state index is 11.3. The molecule has 0 aromatic heterocycles. The minimum Gasteiger partial charge on any atom is -0.458 e. The van der Waals surface area contributed by atoms with Crippen molar-refractivity contribution in [2.75, 3.05) is 6.61 Å². The molecule has 0 bridgehead atoms. The molecule has 0 aromatic carbocycles. The molecule has 1 atom stereocenters. The molecule has 0 amide bonds. The quantitative estimate of drug-likeness (QED) is 0.525. The minimum atomic E-state index is -0.472. The summed E-state index contributed by atoms with van der Waals surface area (Å²) < 4.78 is 9.97. The summed E-state index contributed by atoms with van der Waals surface area (Å²) in [6.07, 6.45) is 0.255. The van der Waals surface area contributed by atoms with Crippen LogP contribution in [0.15, 0.2) is 12.2 Å². The van der Waals surface area contributed by atoms with Crippen LogP contribution in [-0.2, 0) is 19.1 Å². The van der Waals surface area contributed by atoms with Crippen LogP contribution < -0.4 is 0 Å². The lowest BCUT2D eigenvalue weighted by atomic mass is 9.90. The fraction of sp³-hybridized carbons (Fsp3) is 0.636. The fourth-order valence-corrected chi connectivity index (χ4v) is 1.39. The standard InChI is InChI=1S/C11H16O4/c1-7(2)9(12)14-6-8-5-11(3,4)10(13)15-8/h8H,1,5-6H2,2-4H3. The summed E-state index contributed by atoms with van der Waals surface area (Å²) in [6, 6.07) is 0. The molecule has 0 aromatic rings. The molecule has 1 heterocycles. The van der Waals surface area contributed by atoms with Gasteiger partial charge in [-0.25, -0.2) is 4.79 Å². The maximum Gasteiger partial charge on any atom is 0.333 e. The van der Waals surface area contributed by atoms with Crippen molar-refractivity contribution in [1.82, 2.24) is 0 Å². The Balaban J connectivity index is 2.40. The van der Waals surface area contributed by atoms with Gasteiger partial charge in [-0.05, 0) is 20.8 Å². The van der Waals surface area contributed by atoms with Crippen LogP contribution in [0.3, 0.4) is 0 Å². The van der Waals surface area contributed by atoms with E-state index in [1.807, 2.05) is 13.8 Å². The average molecular weight is 212 g/mol.